The Morgan fingerprint density at radius 3 is 2.81 bits per heavy atom. The van der Waals surface area contributed by atoms with Crippen molar-refractivity contribution in [3.8, 4) is 0 Å². The third kappa shape index (κ3) is 2.63. The molecular formula is C13H18N4O4. The Kier molecular flexibility index (Phi) is 3.62. The van der Waals surface area contributed by atoms with Crippen molar-refractivity contribution in [2.24, 2.45) is 5.41 Å². The molecule has 1 amide bonds. The topological polar surface area (TPSA) is 117 Å². The first kappa shape index (κ1) is 14.0. The summed E-state index contributed by atoms with van der Waals surface area (Å²) in [5.74, 6) is -0.985. The molecule has 1 aliphatic carbocycles. The van der Waals surface area contributed by atoms with Crippen molar-refractivity contribution in [1.82, 2.24) is 20.8 Å². The average molecular weight is 294 g/mol. The van der Waals surface area contributed by atoms with Crippen molar-refractivity contribution in [2.75, 3.05) is 13.1 Å². The van der Waals surface area contributed by atoms with Crippen LogP contribution in [0.4, 0.5) is 0 Å². The lowest BCUT2D eigenvalue weighted by molar-refractivity contribution is -0.153. The van der Waals surface area contributed by atoms with Crippen LogP contribution in [0.25, 0.3) is 0 Å². The molecule has 2 fully saturated rings. The van der Waals surface area contributed by atoms with Gasteiger partial charge in [0.1, 0.15) is 0 Å². The van der Waals surface area contributed by atoms with Crippen LogP contribution in [0.5, 0.6) is 0 Å². The molecule has 3 rings (SSSR count). The number of nitrogens with zero attached hydrogens (tertiary/aromatic N) is 2. The molecule has 3 N–H and O–H groups in total. The molecule has 2 heterocycles. The smallest absolute Gasteiger partial charge is 0.311 e. The van der Waals surface area contributed by atoms with Gasteiger partial charge in [0.25, 0.3) is 11.7 Å². The molecule has 1 aliphatic heterocycles. The predicted molar refractivity (Wildman–Crippen MR) is 70.5 cm³/mol. The Bertz CT molecular complexity index is 546. The number of hydrogen-bond donors (Lipinski definition) is 3. The molecule has 1 aromatic heterocycles. The first-order chi connectivity index (χ1) is 10.1. The second-order valence-electron chi connectivity index (χ2n) is 5.73. The summed E-state index contributed by atoms with van der Waals surface area (Å²) in [5.41, 5.74) is -0.824. The van der Waals surface area contributed by atoms with Crippen LogP contribution < -0.4 is 10.6 Å². The van der Waals surface area contributed by atoms with Crippen LogP contribution in [0.1, 0.15) is 54.7 Å². The van der Waals surface area contributed by atoms with Crippen molar-refractivity contribution < 1.29 is 19.2 Å². The van der Waals surface area contributed by atoms with Crippen molar-refractivity contribution in [2.45, 2.75) is 38.1 Å². The van der Waals surface area contributed by atoms with Crippen LogP contribution in [-0.2, 0) is 4.79 Å². The van der Waals surface area contributed by atoms with E-state index in [0.717, 1.165) is 25.8 Å². The summed E-state index contributed by atoms with van der Waals surface area (Å²) < 4.78 is 5.09. The van der Waals surface area contributed by atoms with Gasteiger partial charge < -0.3 is 20.3 Å². The summed E-state index contributed by atoms with van der Waals surface area (Å²) in [6, 6.07) is 0.0102. The lowest BCUT2D eigenvalue weighted by Crippen LogP contribution is -2.47. The average Bonchev–Trinajstić information content (AvgIpc) is 3.07. The first-order valence-corrected chi connectivity index (χ1v) is 7.19. The van der Waals surface area contributed by atoms with E-state index in [4.69, 9.17) is 4.52 Å². The van der Waals surface area contributed by atoms with Gasteiger partial charge in [0.2, 0.25) is 5.89 Å². The van der Waals surface area contributed by atoms with E-state index in [2.05, 4.69) is 20.8 Å². The van der Waals surface area contributed by atoms with Gasteiger partial charge in [-0.05, 0) is 32.2 Å². The number of carboxylic acid groups (broad SMARTS) is 1. The molecule has 21 heavy (non-hydrogen) atoms. The summed E-state index contributed by atoms with van der Waals surface area (Å²) >= 11 is 0. The Morgan fingerprint density at radius 1 is 1.43 bits per heavy atom. The van der Waals surface area contributed by atoms with E-state index in [-0.39, 0.29) is 18.4 Å². The number of nitrogens with one attached hydrogen (secondary N) is 2. The third-order valence-electron chi connectivity index (χ3n) is 4.35. The Balaban J connectivity index is 1.59. The summed E-state index contributed by atoms with van der Waals surface area (Å²) in [7, 11) is 0. The summed E-state index contributed by atoms with van der Waals surface area (Å²) in [4.78, 5) is 27.3. The number of amides is 1. The molecule has 0 bridgehead atoms. The number of aromatic nitrogens is 2. The van der Waals surface area contributed by atoms with Gasteiger partial charge in [-0.1, -0.05) is 11.6 Å². The van der Waals surface area contributed by atoms with Gasteiger partial charge in [0, 0.05) is 6.54 Å². The van der Waals surface area contributed by atoms with E-state index in [1.807, 2.05) is 0 Å². The highest BCUT2D eigenvalue weighted by Crippen LogP contribution is 2.40. The van der Waals surface area contributed by atoms with Gasteiger partial charge in [-0.2, -0.15) is 4.98 Å². The zero-order valence-electron chi connectivity index (χ0n) is 11.6. The standard InChI is InChI=1S/C13H18N4O4/c18-10(15-7-13(12(19)20)4-2-5-13)9-16-11(21-17-9)8-3-1-6-14-8/h8,14H,1-7H2,(H,15,18)(H,19,20). The molecule has 8 nitrogen and oxygen atoms in total. The summed E-state index contributed by atoms with van der Waals surface area (Å²) in [6.07, 6.45) is 4.00. The van der Waals surface area contributed by atoms with Crippen LogP contribution in [0.3, 0.4) is 0 Å². The fourth-order valence-corrected chi connectivity index (χ4v) is 2.76. The lowest BCUT2D eigenvalue weighted by Gasteiger charge is -2.37. The predicted octanol–water partition coefficient (Wildman–Crippen LogP) is 0.479. The van der Waals surface area contributed by atoms with Crippen LogP contribution in [0.2, 0.25) is 0 Å². The van der Waals surface area contributed by atoms with Crippen LogP contribution in [0, 0.1) is 5.41 Å². The number of aliphatic carboxylic acids is 1. The van der Waals surface area contributed by atoms with Crippen LogP contribution >= 0.6 is 0 Å². The Morgan fingerprint density at radius 2 is 2.24 bits per heavy atom. The first-order valence-electron chi connectivity index (χ1n) is 7.19. The van der Waals surface area contributed by atoms with Crippen LogP contribution in [0.15, 0.2) is 4.52 Å². The van der Waals surface area contributed by atoms with Crippen molar-refractivity contribution >= 4 is 11.9 Å². The van der Waals surface area contributed by atoms with Crippen LogP contribution in [-0.4, -0.2) is 40.2 Å². The molecular weight excluding hydrogens is 276 g/mol. The second-order valence-corrected chi connectivity index (χ2v) is 5.73. The minimum Gasteiger partial charge on any atom is -0.481 e. The highest BCUT2D eigenvalue weighted by atomic mass is 16.5. The monoisotopic (exact) mass is 294 g/mol. The largest absolute Gasteiger partial charge is 0.481 e. The molecule has 0 spiro atoms. The summed E-state index contributed by atoms with van der Waals surface area (Å²) in [6.45, 7) is 1.00. The van der Waals surface area contributed by atoms with E-state index < -0.39 is 17.3 Å². The molecule has 0 radical (unpaired) electrons. The third-order valence-corrected chi connectivity index (χ3v) is 4.35. The zero-order valence-corrected chi connectivity index (χ0v) is 11.6. The molecule has 1 aromatic rings. The molecule has 8 heteroatoms. The second kappa shape index (κ2) is 5.44. The fourth-order valence-electron chi connectivity index (χ4n) is 2.76. The van der Waals surface area contributed by atoms with Gasteiger partial charge >= 0.3 is 5.97 Å². The van der Waals surface area contributed by atoms with Gasteiger partial charge in [0.05, 0.1) is 11.5 Å². The van der Waals surface area contributed by atoms with Crippen molar-refractivity contribution in [3.05, 3.63) is 11.7 Å². The van der Waals surface area contributed by atoms with Gasteiger partial charge in [0.15, 0.2) is 0 Å². The quantitative estimate of drug-likeness (QED) is 0.722. The number of carboxylic acids is 1. The maximum absolute atomic E-state index is 12.0. The Hall–Kier alpha value is -1.96. The molecule has 1 saturated carbocycles. The Labute approximate surface area is 121 Å². The molecule has 1 unspecified atom stereocenters. The zero-order chi connectivity index (χ0) is 14.9. The van der Waals surface area contributed by atoms with Gasteiger partial charge in [-0.25, -0.2) is 0 Å². The lowest BCUT2D eigenvalue weighted by atomic mass is 9.69. The minimum atomic E-state index is -0.863. The number of hydrogen-bond acceptors (Lipinski definition) is 6. The summed E-state index contributed by atoms with van der Waals surface area (Å²) in [5, 5.41) is 18.7. The number of rotatable bonds is 5. The molecule has 0 aromatic carbocycles. The SMILES string of the molecule is O=C(NCC1(C(=O)O)CCC1)c1noc(C2CCCN2)n1. The molecule has 114 valence electrons. The van der Waals surface area contributed by atoms with E-state index in [0.29, 0.717) is 18.7 Å². The highest BCUT2D eigenvalue weighted by Gasteiger charge is 2.44. The van der Waals surface area contributed by atoms with E-state index in [1.54, 1.807) is 0 Å². The number of carbonyl (C=O) groups is 2. The molecule has 1 saturated heterocycles. The minimum absolute atomic E-state index is 0.0102. The van der Waals surface area contributed by atoms with Gasteiger partial charge in [-0.15, -0.1) is 0 Å². The van der Waals surface area contributed by atoms with Crippen molar-refractivity contribution in [3.63, 3.8) is 0 Å². The highest BCUT2D eigenvalue weighted by molar-refractivity contribution is 5.90. The fraction of sp³-hybridized carbons (Fsp3) is 0.692. The maximum atomic E-state index is 12.0. The van der Waals surface area contributed by atoms with Crippen molar-refractivity contribution in [1.29, 1.82) is 0 Å². The van der Waals surface area contributed by atoms with E-state index in [9.17, 15) is 14.7 Å². The normalized spacial score (nSPS) is 23.5. The molecule has 2 aliphatic rings. The van der Waals surface area contributed by atoms with E-state index in [1.165, 1.54) is 0 Å². The number of carbonyl (C=O) groups excluding carboxylic acids is 1. The van der Waals surface area contributed by atoms with Gasteiger partial charge in [-0.3, -0.25) is 9.59 Å². The maximum Gasteiger partial charge on any atom is 0.311 e. The van der Waals surface area contributed by atoms with E-state index >= 15 is 0 Å². The molecule has 1 atom stereocenters.